The van der Waals surface area contributed by atoms with Crippen molar-refractivity contribution in [2.75, 3.05) is 0 Å². The number of allylic oxidation sites excluding steroid dienone is 21. The molecule has 0 amide bonds. The molecule has 0 atom stereocenters. The molecule has 2 rings (SSSR count). The van der Waals surface area contributed by atoms with Gasteiger partial charge in [0.05, 0.1) is 0 Å². The molecule has 0 aliphatic heterocycles. The SMILES string of the molecule is CC1=C(/C=C/C(C)=C/C=C/C(C)=C/C=C/C=C(C)/C=C/C=C(C)/C=C/C2=C(C)C(=O)C(O)(O)CC2(C)C)C(C)(C)CCC1=O. The predicted molar refractivity (Wildman–Crippen MR) is 185 cm³/mol. The molecule has 0 saturated carbocycles. The van der Waals surface area contributed by atoms with E-state index in [0.29, 0.717) is 12.0 Å². The number of aliphatic hydroxyl groups is 2. The minimum atomic E-state index is -2.30. The van der Waals surface area contributed by atoms with Crippen LogP contribution >= 0.6 is 0 Å². The third-order valence-electron chi connectivity index (χ3n) is 8.35. The van der Waals surface area contributed by atoms with Gasteiger partial charge in [0.2, 0.25) is 11.6 Å². The van der Waals surface area contributed by atoms with Gasteiger partial charge in [0, 0.05) is 18.4 Å². The van der Waals surface area contributed by atoms with Crippen LogP contribution in [0.2, 0.25) is 0 Å². The van der Waals surface area contributed by atoms with Crippen LogP contribution in [0.1, 0.15) is 88.5 Å². The molecule has 44 heavy (non-hydrogen) atoms. The molecule has 236 valence electrons. The highest BCUT2D eigenvalue weighted by Gasteiger charge is 2.46. The molecule has 4 nitrogen and oxygen atoms in total. The fourth-order valence-corrected chi connectivity index (χ4v) is 5.60. The van der Waals surface area contributed by atoms with E-state index in [-0.39, 0.29) is 17.6 Å². The van der Waals surface area contributed by atoms with Crippen molar-refractivity contribution < 1.29 is 19.8 Å². The predicted octanol–water partition coefficient (Wildman–Crippen LogP) is 9.25. The smallest absolute Gasteiger partial charge is 0.229 e. The number of ketones is 2. The number of carbonyl (C=O) groups excluding carboxylic acids is 2. The highest BCUT2D eigenvalue weighted by atomic mass is 16.5. The van der Waals surface area contributed by atoms with Gasteiger partial charge in [-0.2, -0.15) is 0 Å². The summed E-state index contributed by atoms with van der Waals surface area (Å²) >= 11 is 0. The summed E-state index contributed by atoms with van der Waals surface area (Å²) in [6, 6.07) is 0. The van der Waals surface area contributed by atoms with Gasteiger partial charge in [-0.3, -0.25) is 9.59 Å². The first-order valence-corrected chi connectivity index (χ1v) is 15.4. The van der Waals surface area contributed by atoms with E-state index in [1.54, 1.807) is 6.92 Å². The fraction of sp³-hybridized carbons (Fsp3) is 0.400. The standard InChI is InChI=1S/C40H52O4/c1-28(17-13-19-30(3)21-23-34-32(5)36(41)25-26-38(34,7)8)15-11-12-16-29(2)18-14-20-31(4)22-24-35-33(6)37(42)40(43,44)27-39(35,9)10/h11-24,43-44H,25-27H2,1-10H3/b12-11+,17-13+,18-14+,23-21+,24-22+,28-15+,29-16+,30-19+,31-20+. The molecular weight excluding hydrogens is 544 g/mol. The molecule has 0 aromatic heterocycles. The van der Waals surface area contributed by atoms with E-state index in [2.05, 4.69) is 58.1 Å². The molecule has 0 fully saturated rings. The number of rotatable bonds is 10. The van der Waals surface area contributed by atoms with Crippen molar-refractivity contribution in [2.45, 2.75) is 94.3 Å². The maximum atomic E-state index is 12.3. The van der Waals surface area contributed by atoms with Crippen molar-refractivity contribution in [3.05, 3.63) is 130 Å². The first-order valence-electron chi connectivity index (χ1n) is 15.4. The van der Waals surface area contributed by atoms with Crippen LogP contribution in [0.5, 0.6) is 0 Å². The van der Waals surface area contributed by atoms with Crippen molar-refractivity contribution in [1.82, 2.24) is 0 Å². The maximum absolute atomic E-state index is 12.3. The van der Waals surface area contributed by atoms with Crippen LogP contribution in [-0.2, 0) is 9.59 Å². The summed E-state index contributed by atoms with van der Waals surface area (Å²) < 4.78 is 0. The van der Waals surface area contributed by atoms with Gasteiger partial charge in [-0.25, -0.2) is 0 Å². The lowest BCUT2D eigenvalue weighted by Crippen LogP contribution is -2.47. The third kappa shape index (κ3) is 10.5. The molecule has 0 radical (unpaired) electrons. The van der Waals surface area contributed by atoms with Gasteiger partial charge in [-0.15, -0.1) is 0 Å². The molecule has 2 aliphatic carbocycles. The Labute approximate surface area is 265 Å². The van der Waals surface area contributed by atoms with E-state index in [9.17, 15) is 19.8 Å². The Bertz CT molecular complexity index is 1460. The van der Waals surface area contributed by atoms with Gasteiger partial charge in [-0.05, 0) is 75.5 Å². The Balaban J connectivity index is 1.95. The molecule has 2 aliphatic rings. The molecule has 0 unspecified atom stereocenters. The van der Waals surface area contributed by atoms with E-state index in [1.807, 2.05) is 89.3 Å². The normalized spacial score (nSPS) is 22.4. The second-order valence-corrected chi connectivity index (χ2v) is 13.5. The van der Waals surface area contributed by atoms with Gasteiger partial charge in [0.15, 0.2) is 5.78 Å². The van der Waals surface area contributed by atoms with Crippen LogP contribution < -0.4 is 0 Å². The quantitative estimate of drug-likeness (QED) is 0.195. The zero-order valence-corrected chi connectivity index (χ0v) is 28.4. The third-order valence-corrected chi connectivity index (χ3v) is 8.35. The number of Topliss-reactive ketones (excluding diaryl/α,β-unsaturated/α-hetero) is 2. The monoisotopic (exact) mass is 596 g/mol. The van der Waals surface area contributed by atoms with Crippen LogP contribution in [-0.4, -0.2) is 27.6 Å². The lowest BCUT2D eigenvalue weighted by atomic mass is 9.69. The fourth-order valence-electron chi connectivity index (χ4n) is 5.60. The maximum Gasteiger partial charge on any atom is 0.229 e. The Kier molecular flexibility index (Phi) is 12.8. The van der Waals surface area contributed by atoms with E-state index < -0.39 is 17.0 Å². The Morgan fingerprint density at radius 1 is 0.614 bits per heavy atom. The van der Waals surface area contributed by atoms with Gasteiger partial charge >= 0.3 is 0 Å². The van der Waals surface area contributed by atoms with Gasteiger partial charge < -0.3 is 10.2 Å². The summed E-state index contributed by atoms with van der Waals surface area (Å²) in [5, 5.41) is 20.1. The molecule has 0 saturated heterocycles. The van der Waals surface area contributed by atoms with Crippen LogP contribution in [0, 0.1) is 10.8 Å². The van der Waals surface area contributed by atoms with Crippen molar-refractivity contribution in [3.8, 4) is 0 Å². The highest BCUT2D eigenvalue weighted by Crippen LogP contribution is 2.43. The summed E-state index contributed by atoms with van der Waals surface area (Å²) in [7, 11) is 0. The van der Waals surface area contributed by atoms with E-state index in [0.717, 1.165) is 45.4 Å². The average Bonchev–Trinajstić information content (AvgIpc) is 2.91. The molecule has 2 N–H and O–H groups in total. The van der Waals surface area contributed by atoms with E-state index in [4.69, 9.17) is 0 Å². The number of hydrogen-bond acceptors (Lipinski definition) is 4. The summed E-state index contributed by atoms with van der Waals surface area (Å²) in [4.78, 5) is 24.5. The van der Waals surface area contributed by atoms with Crippen molar-refractivity contribution in [1.29, 1.82) is 0 Å². The number of hydrogen-bond donors (Lipinski definition) is 2. The molecule has 0 aromatic carbocycles. The minimum Gasteiger partial charge on any atom is -0.359 e. The average molecular weight is 597 g/mol. The van der Waals surface area contributed by atoms with Gasteiger partial charge in [0.25, 0.3) is 0 Å². The largest absolute Gasteiger partial charge is 0.359 e. The molecule has 0 aromatic rings. The number of carbonyl (C=O) groups is 2. The van der Waals surface area contributed by atoms with Gasteiger partial charge in [0.1, 0.15) is 0 Å². The van der Waals surface area contributed by atoms with Crippen LogP contribution in [0.3, 0.4) is 0 Å². The Morgan fingerprint density at radius 2 is 1.02 bits per heavy atom. The van der Waals surface area contributed by atoms with Crippen LogP contribution in [0.4, 0.5) is 0 Å². The van der Waals surface area contributed by atoms with Crippen LogP contribution in [0.15, 0.2) is 130 Å². The lowest BCUT2D eigenvalue weighted by molar-refractivity contribution is -0.190. The molecule has 0 bridgehead atoms. The second-order valence-electron chi connectivity index (χ2n) is 13.5. The molecular formula is C40H52O4. The lowest BCUT2D eigenvalue weighted by Gasteiger charge is -2.38. The summed E-state index contributed by atoms with van der Waals surface area (Å²) in [6.45, 7) is 20.0. The highest BCUT2D eigenvalue weighted by molar-refractivity contribution is 6.02. The topological polar surface area (TPSA) is 74.6 Å². The molecule has 4 heteroatoms. The van der Waals surface area contributed by atoms with Gasteiger partial charge in [-0.1, -0.05) is 135 Å². The summed E-state index contributed by atoms with van der Waals surface area (Å²) in [5.74, 6) is -2.67. The zero-order valence-electron chi connectivity index (χ0n) is 28.4. The van der Waals surface area contributed by atoms with Crippen molar-refractivity contribution in [3.63, 3.8) is 0 Å². The summed E-state index contributed by atoms with van der Waals surface area (Å²) in [6.07, 6.45) is 29.9. The minimum absolute atomic E-state index is 0.0257. The second kappa shape index (κ2) is 15.4. The summed E-state index contributed by atoms with van der Waals surface area (Å²) in [5.41, 5.74) is 7.13. The first kappa shape index (κ1) is 36.6. The van der Waals surface area contributed by atoms with E-state index in [1.165, 1.54) is 0 Å². The van der Waals surface area contributed by atoms with Crippen molar-refractivity contribution >= 4 is 11.6 Å². The molecule has 0 heterocycles. The zero-order chi connectivity index (χ0) is 33.3. The molecule has 0 spiro atoms. The Morgan fingerprint density at radius 3 is 1.50 bits per heavy atom. The Hall–Kier alpha value is -3.60. The van der Waals surface area contributed by atoms with E-state index >= 15 is 0 Å². The van der Waals surface area contributed by atoms with Crippen LogP contribution in [0.25, 0.3) is 0 Å². The first-order chi connectivity index (χ1) is 20.4. The van der Waals surface area contributed by atoms with Crippen molar-refractivity contribution in [2.24, 2.45) is 10.8 Å².